The van der Waals surface area contributed by atoms with Crippen molar-refractivity contribution >= 4 is 28.8 Å². The third-order valence-corrected chi connectivity index (χ3v) is 2.91. The van der Waals surface area contributed by atoms with E-state index in [0.29, 0.717) is 10.7 Å². The Labute approximate surface area is 95.9 Å². The Morgan fingerprint density at radius 3 is 2.69 bits per heavy atom. The van der Waals surface area contributed by atoms with Gasteiger partial charge in [0, 0.05) is 0 Å². The SMILES string of the molecule is CC(Sc1nnc2ccccc2n1)C(=O)O. The average Bonchev–Trinajstić information content (AvgIpc) is 2.28. The van der Waals surface area contributed by atoms with Crippen LogP contribution in [0.15, 0.2) is 29.4 Å². The third-order valence-electron chi connectivity index (χ3n) is 1.97. The molecule has 0 aliphatic heterocycles. The highest BCUT2D eigenvalue weighted by molar-refractivity contribution is 8.00. The highest BCUT2D eigenvalue weighted by Crippen LogP contribution is 2.20. The van der Waals surface area contributed by atoms with Gasteiger partial charge in [-0.15, -0.1) is 10.2 Å². The van der Waals surface area contributed by atoms with Crippen molar-refractivity contribution in [2.45, 2.75) is 17.3 Å². The monoisotopic (exact) mass is 235 g/mol. The third kappa shape index (κ3) is 2.27. The number of fused-ring (bicyclic) bond motifs is 1. The Bertz CT molecular complexity index is 532. The summed E-state index contributed by atoms with van der Waals surface area (Å²) < 4.78 is 0. The average molecular weight is 235 g/mol. The van der Waals surface area contributed by atoms with Crippen LogP contribution in [0.2, 0.25) is 0 Å². The number of aromatic nitrogens is 3. The zero-order chi connectivity index (χ0) is 11.5. The second-order valence-corrected chi connectivity index (χ2v) is 4.49. The smallest absolute Gasteiger partial charge is 0.316 e. The summed E-state index contributed by atoms with van der Waals surface area (Å²) in [6.45, 7) is 1.59. The van der Waals surface area contributed by atoms with Gasteiger partial charge in [-0.2, -0.15) is 0 Å². The minimum absolute atomic E-state index is 0.383. The summed E-state index contributed by atoms with van der Waals surface area (Å²) in [6, 6.07) is 7.33. The van der Waals surface area contributed by atoms with Gasteiger partial charge in [-0.25, -0.2) is 4.98 Å². The molecule has 1 heterocycles. The maximum Gasteiger partial charge on any atom is 0.316 e. The van der Waals surface area contributed by atoms with E-state index in [9.17, 15) is 4.79 Å². The summed E-state index contributed by atoms with van der Waals surface area (Å²) in [7, 11) is 0. The van der Waals surface area contributed by atoms with E-state index in [0.717, 1.165) is 17.3 Å². The number of carbonyl (C=O) groups is 1. The number of rotatable bonds is 3. The molecule has 6 heteroatoms. The molecule has 0 saturated carbocycles. The number of carboxylic acid groups (broad SMARTS) is 1. The Morgan fingerprint density at radius 1 is 1.31 bits per heavy atom. The lowest BCUT2D eigenvalue weighted by atomic mass is 10.3. The molecule has 1 N–H and O–H groups in total. The fraction of sp³-hybridized carbons (Fsp3) is 0.200. The van der Waals surface area contributed by atoms with Gasteiger partial charge < -0.3 is 5.11 Å². The fourth-order valence-corrected chi connectivity index (χ4v) is 1.78. The van der Waals surface area contributed by atoms with E-state index >= 15 is 0 Å². The second kappa shape index (κ2) is 4.44. The molecule has 0 bridgehead atoms. The van der Waals surface area contributed by atoms with Crippen LogP contribution in [0.25, 0.3) is 11.0 Å². The highest BCUT2D eigenvalue weighted by atomic mass is 32.2. The van der Waals surface area contributed by atoms with Crippen molar-refractivity contribution in [3.63, 3.8) is 0 Å². The Hall–Kier alpha value is -1.69. The molecule has 1 unspecified atom stereocenters. The second-order valence-electron chi connectivity index (χ2n) is 3.18. The first-order valence-corrected chi connectivity index (χ1v) is 5.54. The number of benzene rings is 1. The minimum atomic E-state index is -0.887. The lowest BCUT2D eigenvalue weighted by molar-refractivity contribution is -0.136. The lowest BCUT2D eigenvalue weighted by Gasteiger charge is -2.03. The van der Waals surface area contributed by atoms with Crippen LogP contribution in [0.1, 0.15) is 6.92 Å². The molecular formula is C10H9N3O2S. The van der Waals surface area contributed by atoms with Crippen molar-refractivity contribution in [2.75, 3.05) is 0 Å². The van der Waals surface area contributed by atoms with Crippen molar-refractivity contribution < 1.29 is 9.90 Å². The van der Waals surface area contributed by atoms with Crippen molar-refractivity contribution in [3.8, 4) is 0 Å². The van der Waals surface area contributed by atoms with Gasteiger partial charge in [-0.05, 0) is 19.1 Å². The molecule has 1 atom stereocenters. The van der Waals surface area contributed by atoms with Gasteiger partial charge >= 0.3 is 5.97 Å². The first-order valence-electron chi connectivity index (χ1n) is 4.66. The predicted octanol–water partition coefficient (Wildman–Crippen LogP) is 1.59. The maximum atomic E-state index is 10.7. The van der Waals surface area contributed by atoms with Gasteiger partial charge in [-0.3, -0.25) is 4.79 Å². The van der Waals surface area contributed by atoms with Crippen LogP contribution in [0.3, 0.4) is 0 Å². The topological polar surface area (TPSA) is 76.0 Å². The zero-order valence-corrected chi connectivity index (χ0v) is 9.31. The Kier molecular flexibility index (Phi) is 3.00. The molecule has 0 aliphatic carbocycles. The number of aliphatic carboxylic acids is 1. The molecular weight excluding hydrogens is 226 g/mol. The van der Waals surface area contributed by atoms with E-state index in [4.69, 9.17) is 5.11 Å². The molecule has 1 aromatic heterocycles. The first kappa shape index (κ1) is 10.8. The molecule has 1 aromatic carbocycles. The van der Waals surface area contributed by atoms with Gasteiger partial charge in [-0.1, -0.05) is 23.9 Å². The van der Waals surface area contributed by atoms with E-state index in [2.05, 4.69) is 15.2 Å². The summed E-state index contributed by atoms with van der Waals surface area (Å²) in [4.78, 5) is 14.9. The number of nitrogens with zero attached hydrogens (tertiary/aromatic N) is 3. The molecule has 0 fully saturated rings. The van der Waals surface area contributed by atoms with Crippen molar-refractivity contribution in [2.24, 2.45) is 0 Å². The molecule has 82 valence electrons. The number of hydrogen-bond acceptors (Lipinski definition) is 5. The Morgan fingerprint density at radius 2 is 2.00 bits per heavy atom. The van der Waals surface area contributed by atoms with E-state index < -0.39 is 11.2 Å². The normalized spacial score (nSPS) is 12.6. The van der Waals surface area contributed by atoms with Crippen molar-refractivity contribution in [3.05, 3.63) is 24.3 Å². The van der Waals surface area contributed by atoms with E-state index in [1.54, 1.807) is 6.92 Å². The van der Waals surface area contributed by atoms with Crippen molar-refractivity contribution in [1.29, 1.82) is 0 Å². The van der Waals surface area contributed by atoms with Crippen LogP contribution in [0.4, 0.5) is 0 Å². The molecule has 16 heavy (non-hydrogen) atoms. The summed E-state index contributed by atoms with van der Waals surface area (Å²) in [5.74, 6) is -0.887. The zero-order valence-electron chi connectivity index (χ0n) is 8.49. The number of para-hydroxylation sites is 1. The van der Waals surface area contributed by atoms with Gasteiger partial charge in [0.2, 0.25) is 5.16 Å². The number of thioether (sulfide) groups is 1. The van der Waals surface area contributed by atoms with Crippen LogP contribution in [-0.2, 0) is 4.79 Å². The van der Waals surface area contributed by atoms with Gasteiger partial charge in [0.1, 0.15) is 10.8 Å². The molecule has 2 aromatic rings. The van der Waals surface area contributed by atoms with Crippen LogP contribution >= 0.6 is 11.8 Å². The van der Waals surface area contributed by atoms with Crippen LogP contribution in [0, 0.1) is 0 Å². The van der Waals surface area contributed by atoms with Gasteiger partial charge in [0.25, 0.3) is 0 Å². The largest absolute Gasteiger partial charge is 0.480 e. The summed E-state index contributed by atoms with van der Waals surface area (Å²) in [6.07, 6.45) is 0. The quantitative estimate of drug-likeness (QED) is 0.814. The number of hydrogen-bond donors (Lipinski definition) is 1. The lowest BCUT2D eigenvalue weighted by Crippen LogP contribution is -2.12. The maximum absolute atomic E-state index is 10.7. The van der Waals surface area contributed by atoms with Gasteiger partial charge in [0.15, 0.2) is 0 Å². The standard InChI is InChI=1S/C10H9N3O2S/c1-6(9(14)15)16-10-11-7-4-2-3-5-8(7)12-13-10/h2-6H,1H3,(H,14,15). The summed E-state index contributed by atoms with van der Waals surface area (Å²) in [5, 5.41) is 16.4. The first-order chi connectivity index (χ1) is 7.66. The molecule has 5 nitrogen and oxygen atoms in total. The number of carboxylic acids is 1. The molecule has 0 spiro atoms. The minimum Gasteiger partial charge on any atom is -0.480 e. The summed E-state index contributed by atoms with van der Waals surface area (Å²) in [5.41, 5.74) is 1.42. The molecule has 0 amide bonds. The van der Waals surface area contributed by atoms with E-state index in [1.165, 1.54) is 0 Å². The molecule has 0 aliphatic rings. The van der Waals surface area contributed by atoms with Gasteiger partial charge in [0.05, 0.1) is 5.52 Å². The van der Waals surface area contributed by atoms with Crippen molar-refractivity contribution in [1.82, 2.24) is 15.2 Å². The predicted molar refractivity (Wildman–Crippen MR) is 60.3 cm³/mol. The van der Waals surface area contributed by atoms with E-state index in [1.807, 2.05) is 24.3 Å². The fourth-order valence-electron chi connectivity index (χ4n) is 1.12. The van der Waals surface area contributed by atoms with Crippen LogP contribution in [0.5, 0.6) is 0 Å². The molecule has 0 radical (unpaired) electrons. The van der Waals surface area contributed by atoms with Crippen LogP contribution < -0.4 is 0 Å². The summed E-state index contributed by atoms with van der Waals surface area (Å²) >= 11 is 1.08. The molecule has 2 rings (SSSR count). The Balaban J connectivity index is 2.29. The molecule has 0 saturated heterocycles. The van der Waals surface area contributed by atoms with E-state index in [-0.39, 0.29) is 0 Å². The van der Waals surface area contributed by atoms with Crippen LogP contribution in [-0.4, -0.2) is 31.5 Å². The highest BCUT2D eigenvalue weighted by Gasteiger charge is 2.14.